The lowest BCUT2D eigenvalue weighted by atomic mass is 10.2. The summed E-state index contributed by atoms with van der Waals surface area (Å²) in [4.78, 5) is 31.1. The van der Waals surface area contributed by atoms with Gasteiger partial charge < -0.3 is 25.5 Å². The van der Waals surface area contributed by atoms with Crippen molar-refractivity contribution >= 4 is 54.4 Å². The molecule has 2 aromatic heterocycles. The number of aliphatic hydroxyl groups is 1. The number of aryl methyl sites for hydroxylation is 1. The fraction of sp³-hybridized carbons (Fsp3) is 0.417. The summed E-state index contributed by atoms with van der Waals surface area (Å²) in [7, 11) is -4.64. The number of thiazole rings is 1. The highest BCUT2D eigenvalue weighted by Gasteiger charge is 2.16. The standard InChI is InChI=1S/C12H17N4OS.BrH.ClH.H3O4P/c1-8-11(3-4-17)18-7-16(8)6-10-5-14-9(2)15-12(10)13;;;1-5(2,3)4/h5,7,17H,3-4,6H2,1-2H3,(H2,13,14,15);2*1H;(H3,1,2,3,4)/q+1;;;. The molecule has 0 aromatic carbocycles. The number of rotatable bonds is 4. The normalized spacial score (nSPS) is 10.2. The van der Waals surface area contributed by atoms with E-state index in [9.17, 15) is 0 Å². The summed E-state index contributed by atoms with van der Waals surface area (Å²) in [5.74, 6) is 1.22. The van der Waals surface area contributed by atoms with Gasteiger partial charge >= 0.3 is 7.82 Å². The van der Waals surface area contributed by atoms with Gasteiger partial charge in [0.2, 0.25) is 5.51 Å². The molecule has 0 radical (unpaired) electrons. The summed E-state index contributed by atoms with van der Waals surface area (Å²) in [6, 6.07) is 0. The van der Waals surface area contributed by atoms with E-state index >= 15 is 0 Å². The first-order valence-corrected chi connectivity index (χ1v) is 8.99. The molecule has 0 amide bonds. The van der Waals surface area contributed by atoms with E-state index in [1.807, 2.05) is 19.4 Å². The van der Waals surface area contributed by atoms with Crippen molar-refractivity contribution in [2.75, 3.05) is 12.3 Å². The van der Waals surface area contributed by atoms with Gasteiger partial charge in [0, 0.05) is 26.1 Å². The minimum Gasteiger partial charge on any atom is -0.396 e. The fourth-order valence-corrected chi connectivity index (χ4v) is 2.75. The summed E-state index contributed by atoms with van der Waals surface area (Å²) in [6.07, 6.45) is 2.47. The van der Waals surface area contributed by atoms with Crippen LogP contribution < -0.4 is 10.3 Å². The molecular formula is C12H22BrClN4O5PS+. The summed E-state index contributed by atoms with van der Waals surface area (Å²) < 4.78 is 11.0. The molecule has 0 unspecified atom stereocenters. The molecule has 0 aliphatic rings. The van der Waals surface area contributed by atoms with Crippen LogP contribution in [-0.2, 0) is 17.5 Å². The van der Waals surface area contributed by atoms with Gasteiger partial charge in [0.1, 0.15) is 11.6 Å². The predicted octanol–water partition coefficient (Wildman–Crippen LogP) is 0.679. The van der Waals surface area contributed by atoms with Gasteiger partial charge in [0.05, 0.1) is 10.4 Å². The number of nitrogen functional groups attached to an aromatic ring is 1. The average molecular weight is 481 g/mol. The molecule has 2 aromatic rings. The van der Waals surface area contributed by atoms with Gasteiger partial charge in [-0.1, -0.05) is 11.3 Å². The molecule has 0 saturated heterocycles. The molecule has 0 aliphatic carbocycles. The number of phosphoric acid groups is 1. The Labute approximate surface area is 166 Å². The molecule has 0 fully saturated rings. The SMILES string of the molecule is Br.Cc1ncc(C[n+]2csc(CCO)c2C)c(N)n1.Cl.O=P(O)(O)O. The molecule has 6 N–H and O–H groups in total. The van der Waals surface area contributed by atoms with Crippen LogP contribution in [0.25, 0.3) is 0 Å². The van der Waals surface area contributed by atoms with E-state index in [4.69, 9.17) is 30.1 Å². The second kappa shape index (κ2) is 11.9. The Morgan fingerprint density at radius 3 is 2.36 bits per heavy atom. The number of hydrogen-bond donors (Lipinski definition) is 5. The number of hydrogen-bond acceptors (Lipinski definition) is 6. The van der Waals surface area contributed by atoms with E-state index in [2.05, 4.69) is 14.5 Å². The molecule has 0 saturated carbocycles. The molecule has 13 heteroatoms. The van der Waals surface area contributed by atoms with Gasteiger partial charge in [-0.05, 0) is 6.92 Å². The predicted molar refractivity (Wildman–Crippen MR) is 102 cm³/mol. The number of anilines is 1. The zero-order chi connectivity index (χ0) is 17.6. The maximum absolute atomic E-state index is 8.98. The molecule has 0 spiro atoms. The van der Waals surface area contributed by atoms with Crippen LogP contribution in [0.1, 0.15) is 22.0 Å². The van der Waals surface area contributed by atoms with E-state index in [-0.39, 0.29) is 36.0 Å². The Morgan fingerprint density at radius 2 is 1.88 bits per heavy atom. The second-order valence-electron chi connectivity index (χ2n) is 4.67. The Morgan fingerprint density at radius 1 is 1.32 bits per heavy atom. The highest BCUT2D eigenvalue weighted by Crippen LogP contribution is 2.25. The maximum Gasteiger partial charge on any atom is 0.466 e. The monoisotopic (exact) mass is 479 g/mol. The van der Waals surface area contributed by atoms with Crippen LogP contribution in [0, 0.1) is 13.8 Å². The molecule has 0 atom stereocenters. The van der Waals surface area contributed by atoms with Crippen LogP contribution in [0.15, 0.2) is 11.7 Å². The first kappa shape index (κ1) is 26.6. The zero-order valence-electron chi connectivity index (χ0n) is 13.6. The summed E-state index contributed by atoms with van der Waals surface area (Å²) in [5, 5.41) is 8.98. The van der Waals surface area contributed by atoms with Crippen LogP contribution >= 0.6 is 48.5 Å². The van der Waals surface area contributed by atoms with Crippen LogP contribution in [-0.4, -0.2) is 36.4 Å². The lowest BCUT2D eigenvalue weighted by Gasteiger charge is -2.01. The maximum atomic E-state index is 8.98. The second-order valence-corrected chi connectivity index (χ2v) is 6.64. The highest BCUT2D eigenvalue weighted by molar-refractivity contribution is 8.93. The van der Waals surface area contributed by atoms with Crippen molar-refractivity contribution in [3.05, 3.63) is 33.7 Å². The van der Waals surface area contributed by atoms with E-state index in [1.165, 1.54) is 4.88 Å². The lowest BCUT2D eigenvalue weighted by Crippen LogP contribution is -2.35. The zero-order valence-corrected chi connectivity index (χ0v) is 17.8. The van der Waals surface area contributed by atoms with Crippen molar-refractivity contribution in [2.24, 2.45) is 0 Å². The Hall–Kier alpha value is -0.650. The van der Waals surface area contributed by atoms with Crippen LogP contribution in [0.3, 0.4) is 0 Å². The van der Waals surface area contributed by atoms with E-state index in [0.29, 0.717) is 24.6 Å². The first-order valence-electron chi connectivity index (χ1n) is 6.55. The smallest absolute Gasteiger partial charge is 0.396 e. The average Bonchev–Trinajstić information content (AvgIpc) is 2.73. The molecular weight excluding hydrogens is 459 g/mol. The number of aromatic nitrogens is 3. The van der Waals surface area contributed by atoms with Gasteiger partial charge in [-0.25, -0.2) is 14.5 Å². The largest absolute Gasteiger partial charge is 0.466 e. The number of nitrogens with two attached hydrogens (primary N) is 1. The van der Waals surface area contributed by atoms with Gasteiger partial charge in [-0.15, -0.1) is 29.4 Å². The Kier molecular flexibility index (Phi) is 12.6. The van der Waals surface area contributed by atoms with Gasteiger partial charge in [-0.3, -0.25) is 0 Å². The Balaban J connectivity index is 0. The molecule has 2 rings (SSSR count). The van der Waals surface area contributed by atoms with Crippen molar-refractivity contribution in [3.8, 4) is 0 Å². The topological polar surface area (TPSA) is 154 Å². The first-order chi connectivity index (χ1) is 10.6. The highest BCUT2D eigenvalue weighted by atomic mass is 79.9. The lowest BCUT2D eigenvalue weighted by molar-refractivity contribution is -0.689. The quantitative estimate of drug-likeness (QED) is 0.316. The van der Waals surface area contributed by atoms with Crippen LogP contribution in [0.2, 0.25) is 0 Å². The molecule has 0 bridgehead atoms. The number of halogens is 2. The summed E-state index contributed by atoms with van der Waals surface area (Å²) in [6.45, 7) is 4.71. The molecule has 2 heterocycles. The third-order valence-corrected chi connectivity index (χ3v) is 4.00. The van der Waals surface area contributed by atoms with Crippen molar-refractivity contribution < 1.29 is 28.9 Å². The van der Waals surface area contributed by atoms with E-state index in [1.54, 1.807) is 17.5 Å². The number of aliphatic hydroxyl groups excluding tert-OH is 1. The van der Waals surface area contributed by atoms with Gasteiger partial charge in [-0.2, -0.15) is 4.57 Å². The molecule has 0 aliphatic heterocycles. The van der Waals surface area contributed by atoms with Crippen molar-refractivity contribution in [3.63, 3.8) is 0 Å². The van der Waals surface area contributed by atoms with E-state index in [0.717, 1.165) is 11.3 Å². The molecule has 9 nitrogen and oxygen atoms in total. The van der Waals surface area contributed by atoms with Crippen molar-refractivity contribution in [1.29, 1.82) is 0 Å². The number of nitrogens with zero attached hydrogens (tertiary/aromatic N) is 3. The third kappa shape index (κ3) is 10.2. The minimum absolute atomic E-state index is 0. The molecule has 144 valence electrons. The van der Waals surface area contributed by atoms with Gasteiger partial charge in [0.25, 0.3) is 0 Å². The van der Waals surface area contributed by atoms with Crippen molar-refractivity contribution in [2.45, 2.75) is 26.8 Å². The van der Waals surface area contributed by atoms with Crippen LogP contribution in [0.5, 0.6) is 0 Å². The summed E-state index contributed by atoms with van der Waals surface area (Å²) >= 11 is 1.65. The van der Waals surface area contributed by atoms with E-state index < -0.39 is 7.82 Å². The van der Waals surface area contributed by atoms with Crippen molar-refractivity contribution in [1.82, 2.24) is 9.97 Å². The van der Waals surface area contributed by atoms with Crippen LogP contribution in [0.4, 0.5) is 5.82 Å². The minimum atomic E-state index is -4.64. The third-order valence-electron chi connectivity index (χ3n) is 2.85. The summed E-state index contributed by atoms with van der Waals surface area (Å²) in [5.41, 5.74) is 10.0. The Bertz CT molecular complexity index is 707. The van der Waals surface area contributed by atoms with Gasteiger partial charge in [0.15, 0.2) is 12.2 Å². The fourth-order valence-electron chi connectivity index (χ4n) is 1.77. The molecule has 25 heavy (non-hydrogen) atoms.